The van der Waals surface area contributed by atoms with Gasteiger partial charge in [0.15, 0.2) is 11.5 Å². The van der Waals surface area contributed by atoms with Crippen LogP contribution in [0.5, 0.6) is 11.5 Å². The molecule has 4 aliphatic heterocycles. The molecule has 0 aromatic heterocycles. The molecule has 30 heavy (non-hydrogen) atoms. The van der Waals surface area contributed by atoms with Gasteiger partial charge in [-0.1, -0.05) is 0 Å². The number of hydrogen-bond acceptors (Lipinski definition) is 6. The summed E-state index contributed by atoms with van der Waals surface area (Å²) in [7, 11) is 0. The van der Waals surface area contributed by atoms with Gasteiger partial charge in [-0.2, -0.15) is 5.26 Å². The number of anilines is 1. The summed E-state index contributed by atoms with van der Waals surface area (Å²) in [5.41, 5.74) is 8.46. The van der Waals surface area contributed by atoms with Crippen LogP contribution in [0.2, 0.25) is 0 Å². The predicted molar refractivity (Wildman–Crippen MR) is 104 cm³/mol. The van der Waals surface area contributed by atoms with E-state index in [9.17, 15) is 14.4 Å². The van der Waals surface area contributed by atoms with Crippen LogP contribution in [0.3, 0.4) is 0 Å². The van der Waals surface area contributed by atoms with Gasteiger partial charge < -0.3 is 25.4 Å². The smallest absolute Gasteiger partial charge is 0.244 e. The average Bonchev–Trinajstić information content (AvgIpc) is 3.30. The third-order valence-corrected chi connectivity index (χ3v) is 6.19. The molecule has 0 fully saturated rings. The van der Waals surface area contributed by atoms with Crippen molar-refractivity contribution in [2.45, 2.75) is 11.8 Å². The van der Waals surface area contributed by atoms with Crippen molar-refractivity contribution in [3.05, 3.63) is 70.3 Å². The van der Waals surface area contributed by atoms with E-state index in [0.29, 0.717) is 41.4 Å². The van der Waals surface area contributed by atoms with E-state index in [2.05, 4.69) is 11.4 Å². The lowest BCUT2D eigenvalue weighted by atomic mass is 9.71. The first-order valence-corrected chi connectivity index (χ1v) is 9.48. The minimum absolute atomic E-state index is 0.0947. The number of carbonyl (C=O) groups is 1. The van der Waals surface area contributed by atoms with Gasteiger partial charge in [0, 0.05) is 29.1 Å². The van der Waals surface area contributed by atoms with Gasteiger partial charge in [0.1, 0.15) is 23.1 Å². The van der Waals surface area contributed by atoms with Gasteiger partial charge >= 0.3 is 0 Å². The van der Waals surface area contributed by atoms with Crippen molar-refractivity contribution in [3.63, 3.8) is 0 Å². The standard InChI is InChI=1S/C22H15FN4O3/c23-12-1-2-16-14(6-12)22(21(28)26-16)8-17-13-7-19-18(29-10-30-19)5-11(13)3-4-27(17)20(25)15(22)9-24/h1-2,5-8H,3-4,10,25H2,(H,26,28)/t22-/m1/s1. The van der Waals surface area contributed by atoms with Crippen LogP contribution in [0.15, 0.2) is 47.8 Å². The van der Waals surface area contributed by atoms with Crippen molar-refractivity contribution in [2.75, 3.05) is 18.7 Å². The molecule has 1 amide bonds. The Morgan fingerprint density at radius 2 is 2.03 bits per heavy atom. The summed E-state index contributed by atoms with van der Waals surface area (Å²) in [4.78, 5) is 15.1. The van der Waals surface area contributed by atoms with Crippen LogP contribution in [0.4, 0.5) is 10.1 Å². The van der Waals surface area contributed by atoms with Gasteiger partial charge in [0.25, 0.3) is 0 Å². The van der Waals surface area contributed by atoms with Gasteiger partial charge in [-0.05, 0) is 48.4 Å². The van der Waals surface area contributed by atoms with E-state index < -0.39 is 17.1 Å². The number of halogens is 1. The van der Waals surface area contributed by atoms with Gasteiger partial charge in [-0.15, -0.1) is 0 Å². The summed E-state index contributed by atoms with van der Waals surface area (Å²) in [5.74, 6) is 0.573. The monoisotopic (exact) mass is 402 g/mol. The maximum absolute atomic E-state index is 14.1. The molecular weight excluding hydrogens is 387 g/mol. The first kappa shape index (κ1) is 16.9. The maximum atomic E-state index is 14.1. The number of nitriles is 1. The highest BCUT2D eigenvalue weighted by molar-refractivity contribution is 6.12. The molecule has 0 bridgehead atoms. The lowest BCUT2D eigenvalue weighted by Gasteiger charge is -2.41. The van der Waals surface area contributed by atoms with Crippen molar-refractivity contribution >= 4 is 17.3 Å². The summed E-state index contributed by atoms with van der Waals surface area (Å²) in [6.07, 6.45) is 2.41. The third kappa shape index (κ3) is 1.94. The van der Waals surface area contributed by atoms with Crippen LogP contribution in [-0.4, -0.2) is 24.1 Å². The maximum Gasteiger partial charge on any atom is 0.244 e. The molecule has 4 aliphatic rings. The Morgan fingerprint density at radius 1 is 1.23 bits per heavy atom. The molecule has 0 radical (unpaired) electrons. The topological polar surface area (TPSA) is 101 Å². The molecule has 2 aromatic carbocycles. The SMILES string of the molecule is N#CC1=C(N)N2CCc3cc4c(cc3C2=C[C@]12C(=O)Nc1ccc(F)cc12)OCO4. The van der Waals surface area contributed by atoms with E-state index in [1.54, 1.807) is 6.08 Å². The molecule has 148 valence electrons. The Bertz CT molecular complexity index is 1280. The molecular formula is C22H15FN4O3. The molecule has 0 unspecified atom stereocenters. The Kier molecular flexibility index (Phi) is 3.12. The number of carbonyl (C=O) groups excluding carboxylic acids is 1. The van der Waals surface area contributed by atoms with Crippen molar-refractivity contribution in [1.29, 1.82) is 5.26 Å². The number of amides is 1. The largest absolute Gasteiger partial charge is 0.454 e. The van der Waals surface area contributed by atoms with Crippen molar-refractivity contribution in [3.8, 4) is 17.6 Å². The molecule has 6 rings (SSSR count). The second-order valence-corrected chi connectivity index (χ2v) is 7.62. The van der Waals surface area contributed by atoms with Crippen LogP contribution >= 0.6 is 0 Å². The predicted octanol–water partition coefficient (Wildman–Crippen LogP) is 2.35. The highest BCUT2D eigenvalue weighted by Crippen LogP contribution is 2.51. The Labute approximate surface area is 170 Å². The lowest BCUT2D eigenvalue weighted by molar-refractivity contribution is -0.118. The fourth-order valence-electron chi connectivity index (χ4n) is 4.78. The number of ether oxygens (including phenoxy) is 2. The van der Waals surface area contributed by atoms with Crippen LogP contribution < -0.4 is 20.5 Å². The van der Waals surface area contributed by atoms with Crippen LogP contribution in [0, 0.1) is 17.1 Å². The van der Waals surface area contributed by atoms with Crippen molar-refractivity contribution < 1.29 is 18.7 Å². The van der Waals surface area contributed by atoms with E-state index >= 15 is 0 Å². The number of nitrogens with one attached hydrogen (secondary N) is 1. The summed E-state index contributed by atoms with van der Waals surface area (Å²) in [6, 6.07) is 9.98. The number of benzene rings is 2. The van der Waals surface area contributed by atoms with Crippen LogP contribution in [-0.2, 0) is 16.6 Å². The molecule has 8 heteroatoms. The minimum atomic E-state index is -1.49. The van der Waals surface area contributed by atoms with Crippen molar-refractivity contribution in [1.82, 2.24) is 4.90 Å². The first-order valence-electron chi connectivity index (χ1n) is 9.48. The first-order chi connectivity index (χ1) is 14.5. The van der Waals surface area contributed by atoms with Crippen molar-refractivity contribution in [2.24, 2.45) is 5.73 Å². The number of nitrogens with zero attached hydrogens (tertiary/aromatic N) is 2. The van der Waals surface area contributed by atoms with Gasteiger partial charge in [0.2, 0.25) is 12.7 Å². The summed E-state index contributed by atoms with van der Waals surface area (Å²) < 4.78 is 25.2. The van der Waals surface area contributed by atoms with E-state index in [4.69, 9.17) is 15.2 Å². The molecule has 3 N–H and O–H groups in total. The second-order valence-electron chi connectivity index (χ2n) is 7.62. The molecule has 1 spiro atoms. The lowest BCUT2D eigenvalue weighted by Crippen LogP contribution is -2.45. The molecule has 0 saturated carbocycles. The van der Waals surface area contributed by atoms with E-state index in [1.165, 1.54) is 18.2 Å². The Morgan fingerprint density at radius 3 is 2.83 bits per heavy atom. The van der Waals surface area contributed by atoms with E-state index in [1.807, 2.05) is 17.0 Å². The Hall–Kier alpha value is -3.99. The fourth-order valence-corrected chi connectivity index (χ4v) is 4.78. The zero-order chi connectivity index (χ0) is 20.6. The van der Waals surface area contributed by atoms with Crippen LogP contribution in [0.25, 0.3) is 5.70 Å². The molecule has 4 heterocycles. The number of rotatable bonds is 0. The van der Waals surface area contributed by atoms with Gasteiger partial charge in [0.05, 0.1) is 5.57 Å². The average molecular weight is 402 g/mol. The highest BCUT2D eigenvalue weighted by Gasteiger charge is 2.53. The zero-order valence-electron chi connectivity index (χ0n) is 15.7. The zero-order valence-corrected chi connectivity index (χ0v) is 15.7. The molecule has 1 atom stereocenters. The summed E-state index contributed by atoms with van der Waals surface area (Å²) in [6.45, 7) is 0.698. The quantitative estimate of drug-likeness (QED) is 0.702. The van der Waals surface area contributed by atoms with E-state index in [-0.39, 0.29) is 18.2 Å². The van der Waals surface area contributed by atoms with Crippen LogP contribution in [0.1, 0.15) is 16.7 Å². The number of nitrogens with two attached hydrogens (primary N) is 1. The third-order valence-electron chi connectivity index (χ3n) is 6.19. The molecule has 2 aromatic rings. The molecule has 0 saturated heterocycles. The normalized spacial score (nSPS) is 22.9. The highest BCUT2D eigenvalue weighted by atomic mass is 19.1. The second kappa shape index (κ2) is 5.54. The van der Waals surface area contributed by atoms with E-state index in [0.717, 1.165) is 11.1 Å². The van der Waals surface area contributed by atoms with Gasteiger partial charge in [-0.3, -0.25) is 4.79 Å². The minimum Gasteiger partial charge on any atom is -0.454 e. The van der Waals surface area contributed by atoms with Gasteiger partial charge in [-0.25, -0.2) is 4.39 Å². The molecule has 7 nitrogen and oxygen atoms in total. The number of fused-ring (bicyclic) bond motifs is 6. The Balaban J connectivity index is 1.65. The molecule has 0 aliphatic carbocycles. The summed E-state index contributed by atoms with van der Waals surface area (Å²) in [5, 5.41) is 12.7. The number of hydrogen-bond donors (Lipinski definition) is 2. The fraction of sp³-hybridized carbons (Fsp3) is 0.182. The summed E-state index contributed by atoms with van der Waals surface area (Å²) >= 11 is 0.